The summed E-state index contributed by atoms with van der Waals surface area (Å²) in [4.78, 5) is 13.8. The van der Waals surface area contributed by atoms with E-state index in [0.717, 1.165) is 13.1 Å². The van der Waals surface area contributed by atoms with Gasteiger partial charge in [0.05, 0.1) is 17.8 Å². The van der Waals surface area contributed by atoms with Crippen molar-refractivity contribution in [1.82, 2.24) is 20.0 Å². The van der Waals surface area contributed by atoms with Crippen LogP contribution in [0.15, 0.2) is 12.4 Å². The summed E-state index contributed by atoms with van der Waals surface area (Å²) in [6, 6.07) is -0.566. The fourth-order valence-corrected chi connectivity index (χ4v) is 1.99. The first-order valence-electron chi connectivity index (χ1n) is 5.60. The number of nitrogens with two attached hydrogens (primary N) is 1. The van der Waals surface area contributed by atoms with Crippen LogP contribution >= 0.6 is 11.6 Å². The second kappa shape index (κ2) is 5.48. The van der Waals surface area contributed by atoms with Crippen LogP contribution in [0.5, 0.6) is 0 Å². The van der Waals surface area contributed by atoms with E-state index in [1.54, 1.807) is 15.8 Å². The molecule has 0 radical (unpaired) electrons. The van der Waals surface area contributed by atoms with Gasteiger partial charge in [-0.15, -0.1) is 0 Å². The molecule has 17 heavy (non-hydrogen) atoms. The molecule has 1 unspecified atom stereocenters. The smallest absolute Gasteiger partial charge is 0.241 e. The van der Waals surface area contributed by atoms with Crippen molar-refractivity contribution >= 4 is 17.5 Å². The summed E-state index contributed by atoms with van der Waals surface area (Å²) in [6.07, 6.45) is 3.19. The first-order chi connectivity index (χ1) is 8.16. The minimum absolute atomic E-state index is 0.0295. The lowest BCUT2D eigenvalue weighted by atomic mass is 10.2. The van der Waals surface area contributed by atoms with E-state index in [2.05, 4.69) is 10.4 Å². The predicted octanol–water partition coefficient (Wildman–Crippen LogP) is -0.704. The van der Waals surface area contributed by atoms with Gasteiger partial charge in [-0.3, -0.25) is 9.48 Å². The highest BCUT2D eigenvalue weighted by Gasteiger charge is 2.22. The number of piperazine rings is 1. The summed E-state index contributed by atoms with van der Waals surface area (Å²) in [5.74, 6) is -0.0295. The number of halogens is 1. The van der Waals surface area contributed by atoms with Crippen LogP contribution in [0.2, 0.25) is 5.02 Å². The Morgan fingerprint density at radius 2 is 2.29 bits per heavy atom. The molecule has 2 rings (SSSR count). The standard InChI is InChI=1S/C10H16ClN5O/c11-8-5-14-16(6-8)7-9(12)10(17)15-3-1-13-2-4-15/h5-6,9,13H,1-4,7,12H2. The highest BCUT2D eigenvalue weighted by Crippen LogP contribution is 2.05. The number of carbonyl (C=O) groups excluding carboxylic acids is 1. The van der Waals surface area contributed by atoms with Crippen LogP contribution in [-0.2, 0) is 11.3 Å². The van der Waals surface area contributed by atoms with Gasteiger partial charge < -0.3 is 16.0 Å². The summed E-state index contributed by atoms with van der Waals surface area (Å²) in [5, 5.41) is 7.74. The van der Waals surface area contributed by atoms with Crippen LogP contribution in [0.4, 0.5) is 0 Å². The molecule has 0 saturated carbocycles. The van der Waals surface area contributed by atoms with Gasteiger partial charge >= 0.3 is 0 Å². The molecule has 2 heterocycles. The summed E-state index contributed by atoms with van der Waals surface area (Å²) in [7, 11) is 0. The third kappa shape index (κ3) is 3.18. The van der Waals surface area contributed by atoms with Gasteiger partial charge in [0.2, 0.25) is 5.91 Å². The van der Waals surface area contributed by atoms with Gasteiger partial charge in [0.25, 0.3) is 0 Å². The molecule has 3 N–H and O–H groups in total. The van der Waals surface area contributed by atoms with E-state index in [4.69, 9.17) is 17.3 Å². The molecule has 1 fully saturated rings. The third-order valence-corrected chi connectivity index (χ3v) is 2.93. The maximum absolute atomic E-state index is 12.0. The lowest BCUT2D eigenvalue weighted by Gasteiger charge is -2.29. The van der Waals surface area contributed by atoms with Crippen molar-refractivity contribution in [3.8, 4) is 0 Å². The molecule has 1 amide bonds. The predicted molar refractivity (Wildman–Crippen MR) is 64.7 cm³/mol. The average molecular weight is 258 g/mol. The van der Waals surface area contributed by atoms with E-state index >= 15 is 0 Å². The van der Waals surface area contributed by atoms with Crippen molar-refractivity contribution in [3.05, 3.63) is 17.4 Å². The van der Waals surface area contributed by atoms with Crippen LogP contribution in [-0.4, -0.2) is 52.8 Å². The van der Waals surface area contributed by atoms with Crippen molar-refractivity contribution in [2.45, 2.75) is 12.6 Å². The van der Waals surface area contributed by atoms with E-state index in [1.807, 2.05) is 0 Å². The van der Waals surface area contributed by atoms with Gasteiger partial charge in [-0.2, -0.15) is 5.10 Å². The van der Waals surface area contributed by atoms with Crippen LogP contribution in [0.25, 0.3) is 0 Å². The number of hydrogen-bond acceptors (Lipinski definition) is 4. The minimum Gasteiger partial charge on any atom is -0.339 e. The zero-order valence-electron chi connectivity index (χ0n) is 9.47. The molecule has 0 spiro atoms. The SMILES string of the molecule is NC(Cn1cc(Cl)cn1)C(=O)N1CCNCC1. The largest absolute Gasteiger partial charge is 0.339 e. The molecule has 7 heteroatoms. The number of carbonyl (C=O) groups is 1. The molecule has 0 bridgehead atoms. The maximum Gasteiger partial charge on any atom is 0.241 e. The number of rotatable bonds is 3. The van der Waals surface area contributed by atoms with Crippen molar-refractivity contribution in [2.24, 2.45) is 5.73 Å². The molecule has 1 atom stereocenters. The van der Waals surface area contributed by atoms with E-state index in [-0.39, 0.29) is 5.91 Å². The third-order valence-electron chi connectivity index (χ3n) is 2.73. The average Bonchev–Trinajstić information content (AvgIpc) is 2.75. The second-order valence-corrected chi connectivity index (χ2v) is 4.50. The van der Waals surface area contributed by atoms with Crippen LogP contribution in [0, 0.1) is 0 Å². The maximum atomic E-state index is 12.0. The zero-order valence-corrected chi connectivity index (χ0v) is 10.2. The lowest BCUT2D eigenvalue weighted by Crippen LogP contribution is -2.52. The highest BCUT2D eigenvalue weighted by atomic mass is 35.5. The Balaban J connectivity index is 1.90. The number of hydrogen-bond donors (Lipinski definition) is 2. The Morgan fingerprint density at radius 3 is 2.88 bits per heavy atom. The quantitative estimate of drug-likeness (QED) is 0.751. The zero-order chi connectivity index (χ0) is 12.3. The normalized spacial score (nSPS) is 18.1. The molecule has 0 aromatic carbocycles. The Labute approximate surface area is 105 Å². The molecular weight excluding hydrogens is 242 g/mol. The second-order valence-electron chi connectivity index (χ2n) is 4.06. The molecule has 1 aliphatic heterocycles. The first kappa shape index (κ1) is 12.3. The van der Waals surface area contributed by atoms with Crippen molar-refractivity contribution < 1.29 is 4.79 Å². The molecule has 6 nitrogen and oxygen atoms in total. The highest BCUT2D eigenvalue weighted by molar-refractivity contribution is 6.30. The van der Waals surface area contributed by atoms with Crippen molar-refractivity contribution in [2.75, 3.05) is 26.2 Å². The topological polar surface area (TPSA) is 76.2 Å². The summed E-state index contributed by atoms with van der Waals surface area (Å²) >= 11 is 5.74. The monoisotopic (exact) mass is 257 g/mol. The van der Waals surface area contributed by atoms with Crippen LogP contribution in [0.3, 0.4) is 0 Å². The van der Waals surface area contributed by atoms with E-state index in [9.17, 15) is 4.79 Å². The first-order valence-corrected chi connectivity index (χ1v) is 5.97. The number of aromatic nitrogens is 2. The van der Waals surface area contributed by atoms with E-state index < -0.39 is 6.04 Å². The number of amides is 1. The van der Waals surface area contributed by atoms with Gasteiger partial charge in [-0.25, -0.2) is 0 Å². The summed E-state index contributed by atoms with van der Waals surface area (Å²) in [5.41, 5.74) is 5.87. The number of nitrogens with one attached hydrogen (secondary N) is 1. The molecule has 1 saturated heterocycles. The van der Waals surface area contributed by atoms with E-state index in [0.29, 0.717) is 24.7 Å². The lowest BCUT2D eigenvalue weighted by molar-refractivity contribution is -0.133. The fourth-order valence-electron chi connectivity index (χ4n) is 1.84. The molecule has 1 aromatic rings. The summed E-state index contributed by atoms with van der Waals surface area (Å²) in [6.45, 7) is 3.44. The fraction of sp³-hybridized carbons (Fsp3) is 0.600. The molecule has 1 aromatic heterocycles. The molecular formula is C10H16ClN5O. The Hall–Kier alpha value is -1.11. The van der Waals surface area contributed by atoms with Gasteiger partial charge in [0, 0.05) is 32.4 Å². The number of nitrogens with zero attached hydrogens (tertiary/aromatic N) is 3. The van der Waals surface area contributed by atoms with Gasteiger partial charge in [0.15, 0.2) is 0 Å². The van der Waals surface area contributed by atoms with Gasteiger partial charge in [-0.05, 0) is 0 Å². The van der Waals surface area contributed by atoms with Crippen LogP contribution in [0.1, 0.15) is 0 Å². The van der Waals surface area contributed by atoms with Gasteiger partial charge in [-0.1, -0.05) is 11.6 Å². The minimum atomic E-state index is -0.566. The van der Waals surface area contributed by atoms with E-state index in [1.165, 1.54) is 6.20 Å². The van der Waals surface area contributed by atoms with Crippen LogP contribution < -0.4 is 11.1 Å². The Kier molecular flexibility index (Phi) is 3.98. The Bertz CT molecular complexity index is 388. The molecule has 1 aliphatic rings. The van der Waals surface area contributed by atoms with Crippen molar-refractivity contribution in [3.63, 3.8) is 0 Å². The molecule has 94 valence electrons. The molecule has 0 aliphatic carbocycles. The Morgan fingerprint density at radius 1 is 1.59 bits per heavy atom. The summed E-state index contributed by atoms with van der Waals surface area (Å²) < 4.78 is 1.59. The van der Waals surface area contributed by atoms with Gasteiger partial charge in [0.1, 0.15) is 6.04 Å². The van der Waals surface area contributed by atoms with Crippen molar-refractivity contribution in [1.29, 1.82) is 0 Å².